The van der Waals surface area contributed by atoms with E-state index in [2.05, 4.69) is 11.2 Å². The normalized spacial score (nSPS) is 21.8. The molecule has 0 aromatic carbocycles. The van der Waals surface area contributed by atoms with E-state index in [1.54, 1.807) is 37.7 Å². The predicted octanol–water partition coefficient (Wildman–Crippen LogP) is 4.67. The van der Waals surface area contributed by atoms with Crippen LogP contribution in [0.15, 0.2) is 18.5 Å². The maximum atomic E-state index is 13.8. The highest BCUT2D eigenvalue weighted by molar-refractivity contribution is 5.71. The number of alkyl halides is 2. The molecule has 7 nitrogen and oxygen atoms in total. The number of rotatable bonds is 6. The zero-order chi connectivity index (χ0) is 24.0. The first kappa shape index (κ1) is 23.6. The zero-order valence-electron chi connectivity index (χ0n) is 19.4. The Morgan fingerprint density at radius 3 is 2.58 bits per heavy atom. The van der Waals surface area contributed by atoms with Crippen molar-refractivity contribution in [2.45, 2.75) is 89.2 Å². The number of fused-ring (bicyclic) bond motifs is 1. The third-order valence-corrected chi connectivity index (χ3v) is 6.84. The van der Waals surface area contributed by atoms with Crippen molar-refractivity contribution in [3.05, 3.63) is 29.7 Å². The van der Waals surface area contributed by atoms with E-state index in [1.165, 1.54) is 0 Å². The van der Waals surface area contributed by atoms with Crippen LogP contribution >= 0.6 is 0 Å². The molecule has 0 radical (unpaired) electrons. The number of nitriles is 1. The molecule has 0 saturated heterocycles. The Bertz CT molecular complexity index is 1070. The van der Waals surface area contributed by atoms with Gasteiger partial charge in [-0.2, -0.15) is 10.4 Å². The van der Waals surface area contributed by atoms with E-state index in [1.807, 2.05) is 6.07 Å². The Morgan fingerprint density at radius 2 is 2.00 bits per heavy atom. The van der Waals surface area contributed by atoms with Crippen molar-refractivity contribution >= 4 is 11.6 Å². The molecule has 2 aromatic rings. The quantitative estimate of drug-likeness (QED) is 0.629. The number of carbonyl (C=O) groups is 1. The minimum atomic E-state index is -2.65. The van der Waals surface area contributed by atoms with Gasteiger partial charge in [-0.3, -0.25) is 4.79 Å². The van der Waals surface area contributed by atoms with Crippen LogP contribution in [0.5, 0.6) is 0 Å². The lowest BCUT2D eigenvalue weighted by Gasteiger charge is -2.33. The molecule has 2 aromatic heterocycles. The molecule has 2 aliphatic rings. The van der Waals surface area contributed by atoms with E-state index in [4.69, 9.17) is 15.5 Å². The summed E-state index contributed by atoms with van der Waals surface area (Å²) in [5.41, 5.74) is 7.09. The van der Waals surface area contributed by atoms with Crippen LogP contribution in [-0.2, 0) is 9.53 Å². The lowest BCUT2D eigenvalue weighted by atomic mass is 9.76. The molecule has 2 N–H and O–H groups in total. The first-order valence-electron chi connectivity index (χ1n) is 11.5. The molecule has 2 fully saturated rings. The number of hydrogen-bond donors (Lipinski definition) is 1. The molecule has 0 spiro atoms. The molecule has 0 aliphatic heterocycles. The number of ether oxygens (including phenoxy) is 1. The largest absolute Gasteiger partial charge is 0.460 e. The molecule has 9 heteroatoms. The maximum Gasteiger partial charge on any atom is 0.306 e. The van der Waals surface area contributed by atoms with Gasteiger partial charge in [0.2, 0.25) is 5.92 Å². The minimum Gasteiger partial charge on any atom is -0.460 e. The fourth-order valence-corrected chi connectivity index (χ4v) is 4.74. The number of esters is 1. The second-order valence-corrected chi connectivity index (χ2v) is 10.6. The van der Waals surface area contributed by atoms with Crippen LogP contribution in [0.2, 0.25) is 0 Å². The van der Waals surface area contributed by atoms with Crippen molar-refractivity contribution < 1.29 is 18.3 Å². The van der Waals surface area contributed by atoms with Crippen LogP contribution in [0.3, 0.4) is 0 Å². The summed E-state index contributed by atoms with van der Waals surface area (Å²) in [6, 6.07) is 3.69. The highest BCUT2D eigenvalue weighted by Crippen LogP contribution is 2.53. The van der Waals surface area contributed by atoms with Gasteiger partial charge >= 0.3 is 5.97 Å². The number of halogens is 2. The van der Waals surface area contributed by atoms with Gasteiger partial charge in [-0.15, -0.1) is 0 Å². The summed E-state index contributed by atoms with van der Waals surface area (Å²) in [4.78, 5) is 17.4. The molecule has 4 rings (SSSR count). The van der Waals surface area contributed by atoms with E-state index >= 15 is 0 Å². The van der Waals surface area contributed by atoms with Crippen molar-refractivity contribution in [3.63, 3.8) is 0 Å². The van der Waals surface area contributed by atoms with E-state index in [0.717, 1.165) is 18.4 Å². The Morgan fingerprint density at radius 1 is 1.33 bits per heavy atom. The molecule has 2 atom stereocenters. The number of hydrogen-bond acceptors (Lipinski definition) is 6. The number of aromatic nitrogens is 3. The van der Waals surface area contributed by atoms with Gasteiger partial charge in [-0.05, 0) is 64.0 Å². The molecular formula is C24H31F2N5O2. The van der Waals surface area contributed by atoms with Gasteiger partial charge in [-0.25, -0.2) is 18.3 Å². The molecule has 0 unspecified atom stereocenters. The van der Waals surface area contributed by atoms with Crippen molar-refractivity contribution in [1.82, 2.24) is 14.6 Å². The van der Waals surface area contributed by atoms with Crippen LogP contribution in [-0.4, -0.2) is 32.1 Å². The Kier molecular flexibility index (Phi) is 5.94. The Labute approximate surface area is 192 Å². The molecule has 2 saturated carbocycles. The van der Waals surface area contributed by atoms with Crippen molar-refractivity contribution in [2.75, 3.05) is 0 Å². The predicted molar refractivity (Wildman–Crippen MR) is 117 cm³/mol. The highest BCUT2D eigenvalue weighted by atomic mass is 19.3. The molecule has 0 bridgehead atoms. The third kappa shape index (κ3) is 5.16. The van der Waals surface area contributed by atoms with E-state index in [0.29, 0.717) is 24.2 Å². The second kappa shape index (κ2) is 8.32. The van der Waals surface area contributed by atoms with E-state index in [-0.39, 0.29) is 37.1 Å². The van der Waals surface area contributed by atoms with Crippen LogP contribution < -0.4 is 5.73 Å². The first-order valence-corrected chi connectivity index (χ1v) is 11.5. The molecule has 178 valence electrons. The van der Waals surface area contributed by atoms with Crippen LogP contribution in [0, 0.1) is 22.7 Å². The SMILES string of the molecule is CC(C)(C)OC(=O)C[C@H](c1cn2ncc([C@H](N)C3(C#N)CC3)cc2n1)C1CCC(F)(F)CC1. The van der Waals surface area contributed by atoms with Gasteiger partial charge in [0, 0.05) is 18.8 Å². The van der Waals surface area contributed by atoms with E-state index < -0.39 is 23.0 Å². The Hall–Kier alpha value is -2.60. The topological polar surface area (TPSA) is 106 Å². The highest BCUT2D eigenvalue weighted by Gasteiger charge is 2.49. The van der Waals surface area contributed by atoms with Crippen LogP contribution in [0.1, 0.15) is 88.9 Å². The number of imidazole rings is 1. The van der Waals surface area contributed by atoms with Crippen LogP contribution in [0.4, 0.5) is 8.78 Å². The smallest absolute Gasteiger partial charge is 0.306 e. The van der Waals surface area contributed by atoms with E-state index in [9.17, 15) is 18.8 Å². The second-order valence-electron chi connectivity index (χ2n) is 10.6. The third-order valence-electron chi connectivity index (χ3n) is 6.84. The number of carbonyl (C=O) groups excluding carboxylic acids is 1. The van der Waals surface area contributed by atoms with Gasteiger partial charge in [0.05, 0.1) is 42.0 Å². The lowest BCUT2D eigenvalue weighted by molar-refractivity contribution is -0.155. The monoisotopic (exact) mass is 459 g/mol. The summed E-state index contributed by atoms with van der Waals surface area (Å²) in [5, 5.41) is 13.9. The van der Waals surface area contributed by atoms with Gasteiger partial charge < -0.3 is 10.5 Å². The van der Waals surface area contributed by atoms with Gasteiger partial charge in [0.25, 0.3) is 0 Å². The molecule has 0 amide bonds. The number of nitrogens with zero attached hydrogens (tertiary/aromatic N) is 4. The van der Waals surface area contributed by atoms with Crippen molar-refractivity contribution in [2.24, 2.45) is 17.1 Å². The van der Waals surface area contributed by atoms with Crippen LogP contribution in [0.25, 0.3) is 5.65 Å². The number of nitrogens with two attached hydrogens (primary N) is 1. The molecular weight excluding hydrogens is 428 g/mol. The standard InChI is InChI=1S/C24H31F2N5O2/c1-22(2,3)33-20(32)11-17(15-4-6-24(25,26)7-5-15)18-13-31-19(30-18)10-16(12-29-31)21(28)23(14-27)8-9-23/h10,12-13,15,17,21H,4-9,11,28H2,1-3H3/t17-,21-/m0/s1. The molecule has 33 heavy (non-hydrogen) atoms. The van der Waals surface area contributed by atoms with Gasteiger partial charge in [0.1, 0.15) is 5.60 Å². The summed E-state index contributed by atoms with van der Waals surface area (Å²) in [6.45, 7) is 5.40. The molecule has 2 heterocycles. The van der Waals surface area contributed by atoms with Crippen molar-refractivity contribution in [1.29, 1.82) is 5.26 Å². The molecule has 2 aliphatic carbocycles. The Balaban J connectivity index is 1.62. The average molecular weight is 460 g/mol. The lowest BCUT2D eigenvalue weighted by Crippen LogP contribution is -2.30. The summed E-state index contributed by atoms with van der Waals surface area (Å²) < 4.78 is 34.7. The fraction of sp³-hybridized carbons (Fsp3) is 0.667. The van der Waals surface area contributed by atoms with Crippen molar-refractivity contribution in [3.8, 4) is 6.07 Å². The minimum absolute atomic E-state index is 0.0707. The average Bonchev–Trinajstić information content (AvgIpc) is 3.42. The summed E-state index contributed by atoms with van der Waals surface area (Å²) in [5.74, 6) is -3.47. The van der Waals surface area contributed by atoms with Gasteiger partial charge in [-0.1, -0.05) is 0 Å². The summed E-state index contributed by atoms with van der Waals surface area (Å²) in [6.07, 6.45) is 5.26. The summed E-state index contributed by atoms with van der Waals surface area (Å²) >= 11 is 0. The van der Waals surface area contributed by atoms with Gasteiger partial charge in [0.15, 0.2) is 5.65 Å². The fourth-order valence-electron chi connectivity index (χ4n) is 4.74. The summed E-state index contributed by atoms with van der Waals surface area (Å²) in [7, 11) is 0. The first-order chi connectivity index (χ1) is 15.4. The zero-order valence-corrected chi connectivity index (χ0v) is 19.4. The maximum absolute atomic E-state index is 13.8.